The first-order chi connectivity index (χ1) is 67.1. The van der Waals surface area contributed by atoms with Crippen LogP contribution >= 0.6 is 28.1 Å². The normalized spacial score (nSPS) is 21.7. The fourth-order valence-electron chi connectivity index (χ4n) is 20.9. The van der Waals surface area contributed by atoms with Crippen LogP contribution in [0.15, 0.2) is 54.6 Å². The van der Waals surface area contributed by atoms with Crippen LogP contribution < -0.4 is 16.8 Å². The van der Waals surface area contributed by atoms with Crippen molar-refractivity contribution in [3.8, 4) is 0 Å². The molecule has 11 N–H and O–H groups in total. The summed E-state index contributed by atoms with van der Waals surface area (Å²) in [5.74, 6) is 5.62. The number of hydrogen-bond acceptors (Lipinski definition) is 27. The Hall–Kier alpha value is -7.01. The summed E-state index contributed by atoms with van der Waals surface area (Å²) in [4.78, 5) is 87.6. The summed E-state index contributed by atoms with van der Waals surface area (Å²) in [5.41, 5.74) is 11.3. The minimum Gasteiger partial charge on any atom is -0.444 e. The van der Waals surface area contributed by atoms with Crippen molar-refractivity contribution in [1.82, 2.24) is 105 Å². The smallest absolute Gasteiger partial charge is 0.444 e. The first-order valence-corrected chi connectivity index (χ1v) is 60.6. The van der Waals surface area contributed by atoms with Crippen molar-refractivity contribution < 1.29 is 71.9 Å². The minimum atomic E-state index is -4.64. The second-order valence-corrected chi connectivity index (χ2v) is 56.2. The number of halogens is 4. The molecule has 33 nitrogen and oxygen atoms in total. The lowest BCUT2D eigenvalue weighted by atomic mass is 9.82. The van der Waals surface area contributed by atoms with Crippen LogP contribution in [0, 0.1) is 44.4 Å². The van der Waals surface area contributed by atoms with Crippen LogP contribution in [0.3, 0.4) is 0 Å². The van der Waals surface area contributed by atoms with Gasteiger partial charge in [-0.1, -0.05) is 58.9 Å². The summed E-state index contributed by atoms with van der Waals surface area (Å²) in [5, 5.41) is 36.4. The van der Waals surface area contributed by atoms with Crippen molar-refractivity contribution in [2.24, 2.45) is 23.7 Å². The number of piperazine rings is 4. The molecular weight excluding hydrogens is 1960 g/mol. The van der Waals surface area contributed by atoms with E-state index in [4.69, 9.17) is 48.5 Å². The molecule has 9 fully saturated rings. The van der Waals surface area contributed by atoms with E-state index in [1.807, 2.05) is 63.7 Å². The molecule has 9 aliphatic rings. The van der Waals surface area contributed by atoms with E-state index >= 15 is 0 Å². The number of nitrogens with zero attached hydrogens (tertiary/aromatic N) is 17. The predicted octanol–water partition coefficient (Wildman–Crippen LogP) is 17.1. The molecule has 0 aromatic carbocycles. The van der Waals surface area contributed by atoms with Gasteiger partial charge in [0.1, 0.15) is 79.3 Å². The molecule has 5 saturated heterocycles. The number of aromatic amines is 1. The van der Waals surface area contributed by atoms with Gasteiger partial charge in [0.15, 0.2) is 0 Å². The number of aromatic nitrogens is 12. The molecule has 4 aliphatic carbocycles. The highest BCUT2D eigenvalue weighted by atomic mass is 79.9. The van der Waals surface area contributed by atoms with E-state index in [0.29, 0.717) is 43.3 Å². The Labute approximate surface area is 870 Å². The number of aliphatic hydroxyl groups is 1. The second-order valence-electron chi connectivity index (χ2n) is 44.1. The van der Waals surface area contributed by atoms with Crippen LogP contribution in [0.2, 0.25) is 58.2 Å². The number of carbonyl (C=O) groups is 3. The molecule has 8 aromatic heterocycles. The first kappa shape index (κ1) is 124. The number of aldehydes is 1. The van der Waals surface area contributed by atoms with Crippen LogP contribution in [0.1, 0.15) is 204 Å². The third-order valence-electron chi connectivity index (χ3n) is 28.3. The molecule has 0 atom stereocenters. The zero-order valence-electron chi connectivity index (χ0n) is 88.7. The number of hydrogen-bond donors (Lipinski definition) is 7. The molecule has 17 rings (SSSR count). The molecule has 0 unspecified atom stereocenters. The molecule has 144 heavy (non-hydrogen) atoms. The number of ether oxygens (including phenoxy) is 5. The lowest BCUT2D eigenvalue weighted by molar-refractivity contribution is -0.156. The van der Waals surface area contributed by atoms with Crippen molar-refractivity contribution in [2.75, 3.05) is 131 Å². The summed E-state index contributed by atoms with van der Waals surface area (Å²) in [7, 11) is -3.36. The minimum absolute atomic E-state index is 0. The van der Waals surface area contributed by atoms with Gasteiger partial charge in [-0.25, -0.2) is 49.5 Å². The van der Waals surface area contributed by atoms with E-state index in [9.17, 15) is 27.9 Å². The van der Waals surface area contributed by atoms with Gasteiger partial charge in [0, 0.05) is 217 Å². The van der Waals surface area contributed by atoms with Gasteiger partial charge in [0.2, 0.25) is 6.29 Å². The van der Waals surface area contributed by atoms with Crippen LogP contribution in [-0.4, -0.2) is 329 Å². The van der Waals surface area contributed by atoms with Crippen LogP contribution in [0.25, 0.3) is 44.1 Å². The van der Waals surface area contributed by atoms with Gasteiger partial charge in [-0.3, -0.25) is 24.4 Å². The highest BCUT2D eigenvalue weighted by Gasteiger charge is 2.37. The van der Waals surface area contributed by atoms with Crippen LogP contribution in [-0.2, 0) is 74.4 Å². The number of aryl methyl sites for hydroxylation is 3. The van der Waals surface area contributed by atoms with Gasteiger partial charge >= 0.3 is 25.5 Å². The molecule has 5 aliphatic heterocycles. The number of fused-ring (bicyclic) bond motifs is 4. The fraction of sp³-hybridized carbons (Fsp3) is 0.728. The van der Waals surface area contributed by atoms with Gasteiger partial charge < -0.3 is 89.6 Å². The molecule has 2 amide bonds. The van der Waals surface area contributed by atoms with Gasteiger partial charge in [0.05, 0.1) is 28.2 Å². The Morgan fingerprint density at radius 3 is 1.12 bits per heavy atom. The number of aliphatic hydroxyl groups excluding tert-OH is 1. The average molecular weight is 2140 g/mol. The summed E-state index contributed by atoms with van der Waals surface area (Å²) < 4.78 is 66.4. The summed E-state index contributed by atoms with van der Waals surface area (Å²) >= 11 is 7.61. The Kier molecular flexibility index (Phi) is 51.7. The summed E-state index contributed by atoms with van der Waals surface area (Å²) in [6.07, 6.45) is 36.0. The Bertz CT molecular complexity index is 4890. The third-order valence-corrected chi connectivity index (χ3v) is 32.3. The maximum Gasteiger partial charge on any atom is 0.448 e. The Balaban J connectivity index is 0.000000248. The van der Waals surface area contributed by atoms with Gasteiger partial charge in [-0.15, -0.1) is 0 Å². The van der Waals surface area contributed by atoms with Crippen molar-refractivity contribution in [3.63, 3.8) is 0 Å². The van der Waals surface area contributed by atoms with Crippen molar-refractivity contribution >= 4 is 120 Å². The maximum absolute atomic E-state index is 12.4. The van der Waals surface area contributed by atoms with Gasteiger partial charge in [0.25, 0.3) is 0 Å². The Morgan fingerprint density at radius 2 is 0.806 bits per heavy atom. The molecule has 0 radical (unpaired) electrons. The quantitative estimate of drug-likeness (QED) is 0.0135. The van der Waals surface area contributed by atoms with E-state index in [0.717, 1.165) is 209 Å². The molecule has 0 spiro atoms. The maximum atomic E-state index is 12.4. The third kappa shape index (κ3) is 40.1. The predicted molar refractivity (Wildman–Crippen MR) is 583 cm³/mol. The van der Waals surface area contributed by atoms with Gasteiger partial charge in [-0.05, 0) is 285 Å². The average Bonchev–Trinajstić information content (AvgIpc) is 1.64. The fourth-order valence-corrected chi connectivity index (χ4v) is 23.0. The van der Waals surface area contributed by atoms with Crippen molar-refractivity contribution in [1.29, 1.82) is 0 Å². The molecule has 0 bridgehead atoms. The lowest BCUT2D eigenvalue weighted by Gasteiger charge is -2.42. The molecular formula is C103H176BBrF3N21O12SSi2. The second kappa shape index (κ2) is 60.1. The van der Waals surface area contributed by atoms with Crippen LogP contribution in [0.5, 0.6) is 0 Å². The standard InChI is InChI=1S/C29H49N5O3Si.C28H46BrN5O3Si.C19H29N5O.C18H27N5.C4H8O.C2HF3O.CH5BO2.CH2S.CH4.H3N.H2O/c1-22-19-34(21-36-16-17-38(5,6)7)27-26(22)25(30-20-31-27)18-23-8-10-24(11-9-23)32-12-14-33(15-13-32)28(35)37-29(2,3)4;1-28(2,3)37-27(35)33-13-11-32(12-14-33)22-9-7-21(8-10-22)17-24-25-23(29)18-34(26(25)31-19-30-24)20-36-15-16-38(4,5)6;1-14-11-24(13-25)19-18(14)17(21-12-22-19)10-15-2-4-16(5-3-15)23-8-6-20-7-9-23;1-13-11-20-18-17(13)16(21-12-22-18)10-14-2-4-15(5-3-14)23-8-6-19-7-9-23;1-2-4-5-3-1;3-2(4,5)1-6;1-2(3)4;1-2;;;/h19-20,23-24H,8-18,21H2,1-7H3;18-19,21-22H,7-17,20H2,1-6H3;11-12,15-16,20,25H,2-10,13H2,1H3;11-12,14-15,19H,2-10H2,1H3,(H,20,21,22);1-4H2;1H;3-4H,1H3;1H2;1H4;1H3;1H2. The van der Waals surface area contributed by atoms with E-state index < -0.39 is 46.9 Å². The molecule has 4 saturated carbocycles. The number of H-pyrrole nitrogens is 1. The van der Waals surface area contributed by atoms with Crippen molar-refractivity contribution in [2.45, 2.75) is 331 Å². The molecule has 41 heteroatoms. The first-order valence-electron chi connectivity index (χ1n) is 51.9. The van der Waals surface area contributed by atoms with E-state index in [2.05, 4.69) is 181 Å². The highest BCUT2D eigenvalue weighted by Crippen LogP contribution is 2.39. The lowest BCUT2D eigenvalue weighted by Crippen LogP contribution is -2.53. The van der Waals surface area contributed by atoms with E-state index in [1.54, 1.807) is 29.9 Å². The Morgan fingerprint density at radius 1 is 0.500 bits per heavy atom. The monoisotopic (exact) mass is 2130 g/mol. The zero-order chi connectivity index (χ0) is 102. The van der Waals surface area contributed by atoms with Crippen molar-refractivity contribution in [3.05, 3.63) is 94.0 Å². The summed E-state index contributed by atoms with van der Waals surface area (Å²) in [6, 6.07) is 5.16. The zero-order valence-corrected chi connectivity index (χ0v) is 93.1. The number of nitrogens with one attached hydrogen (secondary N) is 3. The molecule has 810 valence electrons. The number of amides is 2. The number of thiocarbonyl (C=S) groups is 1. The SMILES string of the molecule is C.C1CCOC1.C=S.CB(O)O.CC(C)(C)OC(=O)N1CCN(C2CCC(Cc3ncnc4c3c(Br)cn4COCC[Si](C)(C)C)CC2)CC1.Cc1c[nH]c2ncnc(CC3CCC(N4CCNCC4)CC3)c12.Cc1cn(CO)c2ncnc(CC3CCC(N4CCNCC4)CC3)c12.Cc1cn(COCC[Si](C)(C)C)c2ncnc(CC3CCC(N4CCN(C(=O)OC(C)(C)C)CC4)CC3)c12.N.O.O=CC(F)(F)F. The van der Waals surface area contributed by atoms with E-state index in [1.165, 1.54) is 188 Å². The number of alkyl halides is 3. The largest absolute Gasteiger partial charge is 0.448 e. The van der Waals surface area contributed by atoms with Gasteiger partial charge in [-0.2, -0.15) is 13.2 Å². The van der Waals surface area contributed by atoms with Crippen LogP contribution in [0.4, 0.5) is 22.8 Å². The topological polar surface area (TPSA) is 402 Å². The summed E-state index contributed by atoms with van der Waals surface area (Å²) in [6.45, 7) is 54.3. The van der Waals surface area contributed by atoms with E-state index in [-0.39, 0.29) is 38.0 Å². The number of carbonyl (C=O) groups excluding carboxylic acids is 3. The number of rotatable bonds is 23. The molecule has 8 aromatic rings. The molecule has 13 heterocycles. The highest BCUT2D eigenvalue weighted by molar-refractivity contribution is 9.10.